The fourth-order valence-electron chi connectivity index (χ4n) is 3.80. The largest absolute Gasteiger partial charge is 0.391 e. The third kappa shape index (κ3) is 3.90. The van der Waals surface area contributed by atoms with E-state index in [0.717, 1.165) is 0 Å². The van der Waals surface area contributed by atoms with Gasteiger partial charge in [-0.25, -0.2) is 18.7 Å². The lowest BCUT2D eigenvalue weighted by atomic mass is 10.1. The zero-order valence-electron chi connectivity index (χ0n) is 16.8. The number of carbonyl (C=O) groups is 1. The van der Waals surface area contributed by atoms with Gasteiger partial charge in [0.1, 0.15) is 17.3 Å². The van der Waals surface area contributed by atoms with Gasteiger partial charge in [-0.15, -0.1) is 0 Å². The summed E-state index contributed by atoms with van der Waals surface area (Å²) < 4.78 is 15.5. The maximum absolute atomic E-state index is 13.9. The number of carbonyl (C=O) groups excluding carboxylic acids is 1. The Hall–Kier alpha value is -3.50. The second kappa shape index (κ2) is 8.21. The van der Waals surface area contributed by atoms with Crippen molar-refractivity contribution in [3.05, 3.63) is 65.3 Å². The van der Waals surface area contributed by atoms with Crippen LogP contribution in [0.3, 0.4) is 0 Å². The molecule has 1 saturated heterocycles. The van der Waals surface area contributed by atoms with E-state index in [-0.39, 0.29) is 17.6 Å². The average molecular weight is 456 g/mol. The summed E-state index contributed by atoms with van der Waals surface area (Å²) in [6.45, 7) is 0.775. The Morgan fingerprint density at radius 1 is 1.31 bits per heavy atom. The molecule has 1 unspecified atom stereocenters. The Morgan fingerprint density at radius 3 is 2.97 bits per heavy atom. The summed E-state index contributed by atoms with van der Waals surface area (Å²) in [7, 11) is 0. The molecule has 1 fully saturated rings. The topological polar surface area (TPSA) is 98.4 Å². The zero-order valence-corrected chi connectivity index (χ0v) is 17.5. The molecule has 2 amide bonds. The summed E-state index contributed by atoms with van der Waals surface area (Å²) in [5, 5.41) is 17.0. The van der Waals surface area contributed by atoms with Gasteiger partial charge in [0.15, 0.2) is 11.8 Å². The van der Waals surface area contributed by atoms with Crippen LogP contribution < -0.4 is 10.2 Å². The van der Waals surface area contributed by atoms with Crippen LogP contribution in [0.4, 0.5) is 20.7 Å². The molecule has 3 aromatic rings. The van der Waals surface area contributed by atoms with Gasteiger partial charge in [-0.3, -0.25) is 4.99 Å². The highest BCUT2D eigenvalue weighted by Gasteiger charge is 2.26. The van der Waals surface area contributed by atoms with Gasteiger partial charge in [-0.2, -0.15) is 5.10 Å². The molecule has 2 aliphatic heterocycles. The smallest absolute Gasteiger partial charge is 0.322 e. The minimum absolute atomic E-state index is 0.279. The van der Waals surface area contributed by atoms with Crippen molar-refractivity contribution in [3.8, 4) is 0 Å². The summed E-state index contributed by atoms with van der Waals surface area (Å²) in [4.78, 5) is 25.0. The number of nitrogens with one attached hydrogen (secondary N) is 1. The van der Waals surface area contributed by atoms with Crippen molar-refractivity contribution in [2.45, 2.75) is 18.7 Å². The maximum atomic E-state index is 13.9. The van der Waals surface area contributed by atoms with E-state index in [1.54, 1.807) is 51.1 Å². The van der Waals surface area contributed by atoms with Crippen LogP contribution in [0.2, 0.25) is 5.02 Å². The number of allylic oxidation sites excluding steroid dienone is 1. The van der Waals surface area contributed by atoms with Gasteiger partial charge in [0.2, 0.25) is 0 Å². The highest BCUT2D eigenvalue weighted by Crippen LogP contribution is 2.32. The van der Waals surface area contributed by atoms with Crippen LogP contribution in [0.1, 0.15) is 18.2 Å². The minimum Gasteiger partial charge on any atom is -0.391 e. The number of aromatic nitrogens is 3. The molecule has 2 aromatic heterocycles. The van der Waals surface area contributed by atoms with Crippen LogP contribution in [0.5, 0.6) is 0 Å². The molecule has 2 atom stereocenters. The minimum atomic E-state index is -0.560. The van der Waals surface area contributed by atoms with Crippen molar-refractivity contribution in [2.24, 2.45) is 4.99 Å². The predicted octanol–water partition coefficient (Wildman–Crippen LogP) is 3.22. The maximum Gasteiger partial charge on any atom is 0.322 e. The number of anilines is 2. The summed E-state index contributed by atoms with van der Waals surface area (Å²) >= 11 is 6.04. The van der Waals surface area contributed by atoms with Crippen molar-refractivity contribution < 1.29 is 14.3 Å². The van der Waals surface area contributed by atoms with Crippen molar-refractivity contribution in [1.29, 1.82) is 0 Å². The molecule has 32 heavy (non-hydrogen) atoms. The number of hydrogen-bond donors (Lipinski definition) is 2. The van der Waals surface area contributed by atoms with Gasteiger partial charge >= 0.3 is 6.03 Å². The normalized spacial score (nSPS) is 20.3. The zero-order chi connectivity index (χ0) is 22.2. The van der Waals surface area contributed by atoms with Gasteiger partial charge in [0.25, 0.3) is 0 Å². The Bertz CT molecular complexity index is 1220. The van der Waals surface area contributed by atoms with Gasteiger partial charge < -0.3 is 20.2 Å². The number of likely N-dealkylation sites (tertiary alicyclic amines) is 1. The van der Waals surface area contributed by atoms with Crippen LogP contribution in [0.15, 0.2) is 53.9 Å². The van der Waals surface area contributed by atoms with Gasteiger partial charge in [0, 0.05) is 42.3 Å². The second-order valence-electron chi connectivity index (χ2n) is 7.55. The second-order valence-corrected chi connectivity index (χ2v) is 7.99. The van der Waals surface area contributed by atoms with Gasteiger partial charge in [-0.05, 0) is 36.8 Å². The quantitative estimate of drug-likeness (QED) is 0.632. The highest BCUT2D eigenvalue weighted by molar-refractivity contribution is 6.30. The number of halogens is 2. The molecule has 1 aromatic carbocycles. The van der Waals surface area contributed by atoms with E-state index in [1.807, 2.05) is 0 Å². The number of fused-ring (bicyclic) bond motifs is 1. The monoisotopic (exact) mass is 455 g/mol. The molecule has 0 aliphatic carbocycles. The molecule has 4 heterocycles. The third-order valence-electron chi connectivity index (χ3n) is 5.32. The highest BCUT2D eigenvalue weighted by atomic mass is 35.5. The Morgan fingerprint density at radius 2 is 2.19 bits per heavy atom. The number of aliphatic hydroxyl groups excluding tert-OH is 1. The number of aliphatic hydroxyl groups is 1. The van der Waals surface area contributed by atoms with Crippen molar-refractivity contribution in [1.82, 2.24) is 19.5 Å². The van der Waals surface area contributed by atoms with E-state index >= 15 is 0 Å². The summed E-state index contributed by atoms with van der Waals surface area (Å²) in [6.07, 6.45) is 7.89. The molecule has 9 nitrogen and oxygen atoms in total. The van der Waals surface area contributed by atoms with E-state index in [9.17, 15) is 14.3 Å². The number of rotatable bonds is 3. The Balaban J connectivity index is 1.46. The number of amides is 2. The molecule has 2 N–H and O–H groups in total. The average Bonchev–Trinajstić information content (AvgIpc) is 3.39. The van der Waals surface area contributed by atoms with Crippen molar-refractivity contribution in [3.63, 3.8) is 0 Å². The number of hydrogen-bond acceptors (Lipinski definition) is 6. The first-order valence-corrected chi connectivity index (χ1v) is 10.4. The molecule has 11 heteroatoms. The van der Waals surface area contributed by atoms with E-state index in [4.69, 9.17) is 11.6 Å². The molecular formula is C21H19ClFN7O2. The van der Waals surface area contributed by atoms with Gasteiger partial charge in [0.05, 0.1) is 12.3 Å². The molecule has 0 radical (unpaired) electrons. The SMILES string of the molecule is O=C(Nc1cnn2ccc(N3C=CC=N[C@H]3c3cc(F)cc(Cl)c3)nc12)N1CCC(O)C1. The van der Waals surface area contributed by atoms with Crippen LogP contribution in [-0.2, 0) is 0 Å². The molecule has 2 aliphatic rings. The fourth-order valence-corrected chi connectivity index (χ4v) is 4.03. The number of nitrogens with zero attached hydrogens (tertiary/aromatic N) is 6. The molecular weight excluding hydrogens is 437 g/mol. The number of aliphatic imine (C=N–C) groups is 1. The van der Waals surface area contributed by atoms with E-state index in [0.29, 0.717) is 35.7 Å². The lowest BCUT2D eigenvalue weighted by Crippen LogP contribution is -2.33. The van der Waals surface area contributed by atoms with Crippen molar-refractivity contribution >= 4 is 41.0 Å². The Labute approximate surface area is 187 Å². The van der Waals surface area contributed by atoms with E-state index in [1.165, 1.54) is 18.3 Å². The van der Waals surface area contributed by atoms with Crippen LogP contribution in [0.25, 0.3) is 5.65 Å². The van der Waals surface area contributed by atoms with Crippen LogP contribution >= 0.6 is 11.6 Å². The molecule has 0 spiro atoms. The summed E-state index contributed by atoms with van der Waals surface area (Å²) in [5.41, 5.74) is 1.45. The first-order chi connectivity index (χ1) is 15.5. The van der Waals surface area contributed by atoms with Crippen molar-refractivity contribution in [2.75, 3.05) is 23.3 Å². The van der Waals surface area contributed by atoms with E-state index in [2.05, 4.69) is 20.4 Å². The number of benzene rings is 1. The molecule has 5 rings (SSSR count). The third-order valence-corrected chi connectivity index (χ3v) is 5.54. The molecule has 164 valence electrons. The van der Waals surface area contributed by atoms with Crippen LogP contribution in [-0.4, -0.2) is 56.0 Å². The summed E-state index contributed by atoms with van der Waals surface area (Å²) in [6, 6.07) is 5.71. The van der Waals surface area contributed by atoms with Crippen LogP contribution in [0, 0.1) is 5.82 Å². The first kappa shape index (κ1) is 20.4. The van der Waals surface area contributed by atoms with Gasteiger partial charge in [-0.1, -0.05) is 11.6 Å². The molecule has 0 saturated carbocycles. The Kier molecular flexibility index (Phi) is 5.24. The predicted molar refractivity (Wildman–Crippen MR) is 118 cm³/mol. The molecule has 0 bridgehead atoms. The number of urea groups is 1. The summed E-state index contributed by atoms with van der Waals surface area (Å²) in [5.74, 6) is 0.0806. The lowest BCUT2D eigenvalue weighted by Gasteiger charge is -2.29. The fraction of sp³-hybridized carbons (Fsp3) is 0.238. The lowest BCUT2D eigenvalue weighted by molar-refractivity contribution is 0.176. The van der Waals surface area contributed by atoms with E-state index < -0.39 is 18.1 Å². The first-order valence-electron chi connectivity index (χ1n) is 10.0. The number of β-amino-alcohol motifs (C(OH)–C–C–N with tert-alkyl or cyclic N) is 1. The standard InChI is InChI=1S/C21H19ClFN7O2/c22-14-8-13(9-15(23)10-14)19-24-4-1-5-29(19)18-3-7-30-20(27-18)17(11-25-30)26-21(32)28-6-2-16(31)12-28/h1,3-5,7-11,16,19,31H,2,6,12H2,(H,26,32)/t16?,19-/m1/s1.